The van der Waals surface area contributed by atoms with Crippen molar-refractivity contribution in [3.8, 4) is 11.4 Å². The predicted molar refractivity (Wildman–Crippen MR) is 129 cm³/mol. The molecule has 32 heavy (non-hydrogen) atoms. The van der Waals surface area contributed by atoms with E-state index < -0.39 is 0 Å². The summed E-state index contributed by atoms with van der Waals surface area (Å²) in [7, 11) is 0. The predicted octanol–water partition coefficient (Wildman–Crippen LogP) is 5.55. The van der Waals surface area contributed by atoms with Gasteiger partial charge in [-0.3, -0.25) is 4.40 Å². The molecule has 3 heterocycles. The zero-order valence-corrected chi connectivity index (χ0v) is 19.0. The van der Waals surface area contributed by atoms with E-state index in [0.29, 0.717) is 10.0 Å². The molecule has 1 saturated heterocycles. The molecule has 0 radical (unpaired) electrons. The molecular formula is C25H23Cl2N5. The summed E-state index contributed by atoms with van der Waals surface area (Å²) in [5, 5.41) is 1.03. The number of nitrogens with two attached hydrogens (primary N) is 1. The molecule has 2 aromatic heterocycles. The summed E-state index contributed by atoms with van der Waals surface area (Å²) in [5.41, 5.74) is 11.4. The van der Waals surface area contributed by atoms with E-state index in [0.717, 1.165) is 55.1 Å². The number of nitrogens with zero attached hydrogens (tertiary/aromatic N) is 4. The Hall–Kier alpha value is -2.60. The molecule has 7 heteroatoms. The van der Waals surface area contributed by atoms with Crippen LogP contribution >= 0.6 is 23.2 Å². The third-order valence-electron chi connectivity index (χ3n) is 7.28. The second-order valence-corrected chi connectivity index (χ2v) is 9.68. The van der Waals surface area contributed by atoms with Crippen molar-refractivity contribution in [2.75, 3.05) is 18.0 Å². The number of piperidine rings is 1. The molecule has 162 valence electrons. The number of aromatic nitrogens is 3. The summed E-state index contributed by atoms with van der Waals surface area (Å²) in [4.78, 5) is 11.8. The van der Waals surface area contributed by atoms with Crippen LogP contribution in [0.15, 0.2) is 61.1 Å². The van der Waals surface area contributed by atoms with Crippen molar-refractivity contribution < 1.29 is 0 Å². The number of fused-ring (bicyclic) bond motifs is 2. The Labute approximate surface area is 196 Å². The van der Waals surface area contributed by atoms with E-state index >= 15 is 0 Å². The van der Waals surface area contributed by atoms with Crippen LogP contribution in [0.5, 0.6) is 0 Å². The van der Waals surface area contributed by atoms with Crippen molar-refractivity contribution in [2.24, 2.45) is 11.1 Å². The van der Waals surface area contributed by atoms with Gasteiger partial charge >= 0.3 is 0 Å². The van der Waals surface area contributed by atoms with Gasteiger partial charge < -0.3 is 10.6 Å². The van der Waals surface area contributed by atoms with Crippen molar-refractivity contribution in [1.82, 2.24) is 14.4 Å². The average molecular weight is 464 g/mol. The fourth-order valence-electron chi connectivity index (χ4n) is 5.50. The van der Waals surface area contributed by atoms with Crippen LogP contribution in [-0.2, 0) is 6.42 Å². The normalized spacial score (nSPS) is 19.6. The van der Waals surface area contributed by atoms with Gasteiger partial charge in [0.1, 0.15) is 11.3 Å². The summed E-state index contributed by atoms with van der Waals surface area (Å²) in [6.45, 7) is 1.85. The number of halogens is 2. The Morgan fingerprint density at radius 3 is 2.62 bits per heavy atom. The first-order valence-electron chi connectivity index (χ1n) is 10.9. The van der Waals surface area contributed by atoms with Crippen molar-refractivity contribution in [3.63, 3.8) is 0 Å². The van der Waals surface area contributed by atoms with Crippen molar-refractivity contribution in [1.29, 1.82) is 0 Å². The minimum Gasteiger partial charge on any atom is -0.355 e. The second-order valence-electron chi connectivity index (χ2n) is 8.89. The molecule has 2 aromatic carbocycles. The molecule has 2 aliphatic rings. The van der Waals surface area contributed by atoms with Gasteiger partial charge in [0, 0.05) is 37.1 Å². The van der Waals surface area contributed by atoms with Gasteiger partial charge in [-0.1, -0.05) is 53.5 Å². The third-order valence-corrected chi connectivity index (χ3v) is 8.10. The molecule has 1 aliphatic heterocycles. The standard InChI is InChI=1S/C25H23Cl2N5/c26-19-7-3-6-18(21(19)27)23-30-15-20-24(29-10-13-32(20)23)31-11-8-25(9-12-31)14-16-4-1-2-5-17(16)22(25)28/h1-7,10,13,15,22H,8-9,11-12,14,28H2/t22-/m1/s1. The van der Waals surface area contributed by atoms with E-state index in [1.807, 2.05) is 35.1 Å². The minimum absolute atomic E-state index is 0.108. The Kier molecular flexibility index (Phi) is 4.68. The minimum atomic E-state index is 0.108. The lowest BCUT2D eigenvalue weighted by atomic mass is 9.73. The summed E-state index contributed by atoms with van der Waals surface area (Å²) < 4.78 is 2.04. The van der Waals surface area contributed by atoms with Gasteiger partial charge in [-0.05, 0) is 47.9 Å². The van der Waals surface area contributed by atoms with E-state index in [1.165, 1.54) is 11.1 Å². The maximum Gasteiger partial charge on any atom is 0.154 e. The third kappa shape index (κ3) is 2.95. The number of hydrogen-bond donors (Lipinski definition) is 1. The zero-order valence-electron chi connectivity index (χ0n) is 17.5. The molecule has 4 aromatic rings. The van der Waals surface area contributed by atoms with E-state index in [2.05, 4.69) is 34.1 Å². The number of rotatable bonds is 2. The van der Waals surface area contributed by atoms with Crippen molar-refractivity contribution >= 4 is 34.5 Å². The highest BCUT2D eigenvalue weighted by Gasteiger charge is 2.46. The first-order valence-corrected chi connectivity index (χ1v) is 11.7. The van der Waals surface area contributed by atoms with Crippen LogP contribution in [0.3, 0.4) is 0 Å². The average Bonchev–Trinajstić information content (AvgIpc) is 3.36. The van der Waals surface area contributed by atoms with Crippen LogP contribution in [0, 0.1) is 5.41 Å². The Bertz CT molecular complexity index is 1320. The fourth-order valence-corrected chi connectivity index (χ4v) is 5.89. The Morgan fingerprint density at radius 1 is 1.00 bits per heavy atom. The Morgan fingerprint density at radius 2 is 1.81 bits per heavy atom. The highest BCUT2D eigenvalue weighted by molar-refractivity contribution is 6.43. The molecule has 0 unspecified atom stereocenters. The lowest BCUT2D eigenvalue weighted by molar-refractivity contribution is 0.187. The first kappa shape index (κ1) is 20.0. The van der Waals surface area contributed by atoms with Gasteiger partial charge in [0.25, 0.3) is 0 Å². The van der Waals surface area contributed by atoms with Gasteiger partial charge in [0.15, 0.2) is 5.82 Å². The zero-order chi connectivity index (χ0) is 21.9. The molecule has 1 atom stereocenters. The lowest BCUT2D eigenvalue weighted by Crippen LogP contribution is -2.44. The molecule has 5 nitrogen and oxygen atoms in total. The number of imidazole rings is 1. The summed E-state index contributed by atoms with van der Waals surface area (Å²) >= 11 is 12.7. The van der Waals surface area contributed by atoms with Gasteiger partial charge in [0.2, 0.25) is 0 Å². The van der Waals surface area contributed by atoms with Gasteiger partial charge in [-0.2, -0.15) is 0 Å². The molecule has 2 N–H and O–H groups in total. The Balaban J connectivity index is 1.31. The van der Waals surface area contributed by atoms with Gasteiger partial charge in [-0.25, -0.2) is 9.97 Å². The van der Waals surface area contributed by atoms with Gasteiger partial charge in [-0.15, -0.1) is 0 Å². The summed E-state index contributed by atoms with van der Waals surface area (Å²) in [5.74, 6) is 1.71. The first-order chi connectivity index (χ1) is 15.6. The lowest BCUT2D eigenvalue weighted by Gasteiger charge is -2.42. The quantitative estimate of drug-likeness (QED) is 0.423. The molecule has 1 fully saturated rings. The second kappa shape index (κ2) is 7.48. The van der Waals surface area contributed by atoms with Crippen LogP contribution in [0.2, 0.25) is 10.0 Å². The SMILES string of the molecule is N[C@@H]1c2ccccc2CC12CCN(c1nccn3c(-c4cccc(Cl)c4Cl)ncc13)CC2. The highest BCUT2D eigenvalue weighted by atomic mass is 35.5. The molecule has 6 rings (SSSR count). The largest absolute Gasteiger partial charge is 0.355 e. The van der Waals surface area contributed by atoms with E-state index in [9.17, 15) is 0 Å². The van der Waals surface area contributed by atoms with Crippen LogP contribution < -0.4 is 10.6 Å². The van der Waals surface area contributed by atoms with E-state index in [1.54, 1.807) is 6.07 Å². The van der Waals surface area contributed by atoms with Crippen molar-refractivity contribution in [3.05, 3.63) is 82.2 Å². The molecule has 1 spiro atoms. The van der Waals surface area contributed by atoms with Crippen LogP contribution in [-0.4, -0.2) is 27.5 Å². The molecule has 0 bridgehead atoms. The monoisotopic (exact) mass is 463 g/mol. The maximum absolute atomic E-state index is 6.75. The molecule has 0 amide bonds. The van der Waals surface area contributed by atoms with Crippen LogP contribution in [0.1, 0.15) is 30.0 Å². The number of anilines is 1. The van der Waals surface area contributed by atoms with Crippen LogP contribution in [0.4, 0.5) is 5.82 Å². The maximum atomic E-state index is 6.75. The number of benzene rings is 2. The van der Waals surface area contributed by atoms with Gasteiger partial charge in [0.05, 0.1) is 16.2 Å². The molecule has 1 aliphatic carbocycles. The summed E-state index contributed by atoms with van der Waals surface area (Å²) in [6, 6.07) is 14.4. The highest BCUT2D eigenvalue weighted by Crippen LogP contribution is 2.51. The van der Waals surface area contributed by atoms with E-state index in [-0.39, 0.29) is 11.5 Å². The molecular weight excluding hydrogens is 441 g/mol. The topological polar surface area (TPSA) is 59.5 Å². The van der Waals surface area contributed by atoms with Crippen LogP contribution in [0.25, 0.3) is 16.9 Å². The summed E-state index contributed by atoms with van der Waals surface area (Å²) in [6.07, 6.45) is 8.79. The smallest absolute Gasteiger partial charge is 0.154 e. The van der Waals surface area contributed by atoms with Crippen molar-refractivity contribution in [2.45, 2.75) is 25.3 Å². The molecule has 0 saturated carbocycles. The number of hydrogen-bond acceptors (Lipinski definition) is 4. The fraction of sp³-hybridized carbons (Fsp3) is 0.280. The van der Waals surface area contributed by atoms with E-state index in [4.69, 9.17) is 33.9 Å².